The predicted octanol–water partition coefficient (Wildman–Crippen LogP) is 5.22. The van der Waals surface area contributed by atoms with E-state index in [0.717, 1.165) is 0 Å². The third kappa shape index (κ3) is 1.44. The van der Waals surface area contributed by atoms with E-state index in [1.165, 1.54) is 33.3 Å². The molecule has 3 aromatic carbocycles. The van der Waals surface area contributed by atoms with Gasteiger partial charge in [-0.25, -0.2) is 0 Å². The number of fused-ring (bicyclic) bond motifs is 4. The monoisotopic (exact) mass is 259 g/mol. The van der Waals surface area contributed by atoms with Gasteiger partial charge in [0.2, 0.25) is 0 Å². The highest BCUT2D eigenvalue weighted by molar-refractivity contribution is 5.99. The summed E-state index contributed by atoms with van der Waals surface area (Å²) in [5.41, 5.74) is 5.24. The summed E-state index contributed by atoms with van der Waals surface area (Å²) in [6.45, 7) is 4.61. The van der Waals surface area contributed by atoms with Gasteiger partial charge in [0.05, 0.1) is 5.69 Å². The minimum atomic E-state index is 0.0290. The fraction of sp³-hybridized carbons (Fsp3) is 0.158. The first-order valence-corrected chi connectivity index (χ1v) is 7.07. The van der Waals surface area contributed by atoms with Crippen molar-refractivity contribution in [3.8, 4) is 0 Å². The van der Waals surface area contributed by atoms with E-state index < -0.39 is 0 Å². The molecule has 0 saturated heterocycles. The number of anilines is 2. The van der Waals surface area contributed by atoms with Crippen molar-refractivity contribution in [2.75, 3.05) is 5.32 Å². The van der Waals surface area contributed by atoms with Crippen molar-refractivity contribution < 1.29 is 0 Å². The van der Waals surface area contributed by atoms with Crippen LogP contribution in [-0.2, 0) is 5.41 Å². The maximum atomic E-state index is 3.64. The standard InChI is InChI=1S/C19H17N/c1-19(2)15-9-5-6-10-17(15)20-18-14-8-4-3-7-13(14)11-12-16(18)19/h3-12,20H,1-2H3. The van der Waals surface area contributed by atoms with Crippen molar-refractivity contribution in [3.63, 3.8) is 0 Å². The van der Waals surface area contributed by atoms with Gasteiger partial charge in [-0.15, -0.1) is 0 Å². The Morgan fingerprint density at radius 2 is 1.50 bits per heavy atom. The third-order valence-electron chi connectivity index (χ3n) is 4.46. The first-order chi connectivity index (χ1) is 9.68. The van der Waals surface area contributed by atoms with E-state index >= 15 is 0 Å². The molecule has 0 spiro atoms. The summed E-state index contributed by atoms with van der Waals surface area (Å²) >= 11 is 0. The number of nitrogens with one attached hydrogen (secondary N) is 1. The summed E-state index contributed by atoms with van der Waals surface area (Å²) in [6, 6.07) is 21.7. The first kappa shape index (κ1) is 11.5. The van der Waals surface area contributed by atoms with E-state index in [1.807, 2.05) is 0 Å². The lowest BCUT2D eigenvalue weighted by molar-refractivity contribution is 0.639. The van der Waals surface area contributed by atoms with Gasteiger partial charge < -0.3 is 5.32 Å². The second kappa shape index (κ2) is 3.86. The largest absolute Gasteiger partial charge is 0.355 e. The molecule has 98 valence electrons. The molecule has 1 heteroatoms. The van der Waals surface area contributed by atoms with Crippen LogP contribution in [0.5, 0.6) is 0 Å². The summed E-state index contributed by atoms with van der Waals surface area (Å²) < 4.78 is 0. The normalized spacial score (nSPS) is 15.3. The second-order valence-electron chi connectivity index (χ2n) is 6.00. The summed E-state index contributed by atoms with van der Waals surface area (Å²) in [4.78, 5) is 0. The van der Waals surface area contributed by atoms with Crippen LogP contribution in [0.4, 0.5) is 11.4 Å². The second-order valence-corrected chi connectivity index (χ2v) is 6.00. The molecule has 1 heterocycles. The van der Waals surface area contributed by atoms with Crippen molar-refractivity contribution in [2.45, 2.75) is 19.3 Å². The van der Waals surface area contributed by atoms with Gasteiger partial charge in [-0.05, 0) is 22.6 Å². The van der Waals surface area contributed by atoms with E-state index in [0.29, 0.717) is 0 Å². The lowest BCUT2D eigenvalue weighted by Gasteiger charge is -2.36. The molecule has 20 heavy (non-hydrogen) atoms. The molecule has 1 aliphatic heterocycles. The molecule has 0 bridgehead atoms. The summed E-state index contributed by atoms with van der Waals surface area (Å²) in [5, 5.41) is 6.22. The van der Waals surface area contributed by atoms with Gasteiger partial charge in [-0.1, -0.05) is 68.4 Å². The highest BCUT2D eigenvalue weighted by Gasteiger charge is 2.32. The average molecular weight is 259 g/mol. The third-order valence-corrected chi connectivity index (χ3v) is 4.46. The van der Waals surface area contributed by atoms with Crippen LogP contribution in [-0.4, -0.2) is 0 Å². The Bertz CT molecular complexity index is 815. The van der Waals surface area contributed by atoms with Gasteiger partial charge in [0, 0.05) is 16.5 Å². The molecule has 0 saturated carbocycles. The zero-order valence-corrected chi connectivity index (χ0v) is 11.8. The SMILES string of the molecule is CC1(C)c2ccccc2Nc2c1ccc1ccccc21. The Morgan fingerprint density at radius 1 is 0.750 bits per heavy atom. The smallest absolute Gasteiger partial charge is 0.0505 e. The molecule has 0 unspecified atom stereocenters. The van der Waals surface area contributed by atoms with Crippen molar-refractivity contribution in [1.29, 1.82) is 0 Å². The van der Waals surface area contributed by atoms with Crippen molar-refractivity contribution in [1.82, 2.24) is 0 Å². The van der Waals surface area contributed by atoms with Crippen LogP contribution in [0, 0.1) is 0 Å². The van der Waals surface area contributed by atoms with Crippen LogP contribution in [0.15, 0.2) is 60.7 Å². The van der Waals surface area contributed by atoms with Crippen LogP contribution in [0.3, 0.4) is 0 Å². The zero-order chi connectivity index (χ0) is 13.7. The van der Waals surface area contributed by atoms with Crippen LogP contribution in [0.1, 0.15) is 25.0 Å². The Morgan fingerprint density at radius 3 is 2.40 bits per heavy atom. The van der Waals surface area contributed by atoms with Gasteiger partial charge >= 0.3 is 0 Å². The molecule has 0 aromatic heterocycles. The summed E-state index contributed by atoms with van der Waals surface area (Å²) in [5.74, 6) is 0. The van der Waals surface area contributed by atoms with Crippen LogP contribution in [0.2, 0.25) is 0 Å². The highest BCUT2D eigenvalue weighted by atomic mass is 14.9. The number of hydrogen-bond donors (Lipinski definition) is 1. The minimum absolute atomic E-state index is 0.0290. The minimum Gasteiger partial charge on any atom is -0.355 e. The van der Waals surface area contributed by atoms with Gasteiger partial charge in [0.25, 0.3) is 0 Å². The number of benzene rings is 3. The Balaban J connectivity index is 2.08. The molecule has 0 radical (unpaired) electrons. The topological polar surface area (TPSA) is 12.0 Å². The molecule has 1 nitrogen and oxygen atoms in total. The molecule has 1 N–H and O–H groups in total. The number of para-hydroxylation sites is 1. The fourth-order valence-electron chi connectivity index (χ4n) is 3.34. The molecule has 1 aliphatic rings. The number of rotatable bonds is 0. The van der Waals surface area contributed by atoms with Gasteiger partial charge in [0.1, 0.15) is 0 Å². The van der Waals surface area contributed by atoms with E-state index in [2.05, 4.69) is 79.8 Å². The lowest BCUT2D eigenvalue weighted by atomic mass is 9.73. The molecule has 0 aliphatic carbocycles. The van der Waals surface area contributed by atoms with Gasteiger partial charge in [-0.2, -0.15) is 0 Å². The summed E-state index contributed by atoms with van der Waals surface area (Å²) in [7, 11) is 0. The van der Waals surface area contributed by atoms with E-state index in [-0.39, 0.29) is 5.41 Å². The maximum absolute atomic E-state index is 3.64. The van der Waals surface area contributed by atoms with Crippen LogP contribution >= 0.6 is 0 Å². The molecule has 0 amide bonds. The molecule has 0 fully saturated rings. The number of hydrogen-bond acceptors (Lipinski definition) is 1. The Labute approximate surface area is 119 Å². The zero-order valence-electron chi connectivity index (χ0n) is 11.8. The quantitative estimate of drug-likeness (QED) is 0.583. The molecular formula is C19H17N. The van der Waals surface area contributed by atoms with E-state index in [9.17, 15) is 0 Å². The van der Waals surface area contributed by atoms with Gasteiger partial charge in [0.15, 0.2) is 0 Å². The predicted molar refractivity (Wildman–Crippen MR) is 85.8 cm³/mol. The average Bonchev–Trinajstić information content (AvgIpc) is 2.47. The van der Waals surface area contributed by atoms with Crippen molar-refractivity contribution in [3.05, 3.63) is 71.8 Å². The molecule has 0 atom stereocenters. The molecule has 4 rings (SSSR count). The van der Waals surface area contributed by atoms with E-state index in [1.54, 1.807) is 0 Å². The Hall–Kier alpha value is -2.28. The van der Waals surface area contributed by atoms with Crippen LogP contribution in [0.25, 0.3) is 10.8 Å². The first-order valence-electron chi connectivity index (χ1n) is 7.07. The molecular weight excluding hydrogens is 242 g/mol. The summed E-state index contributed by atoms with van der Waals surface area (Å²) in [6.07, 6.45) is 0. The van der Waals surface area contributed by atoms with E-state index in [4.69, 9.17) is 0 Å². The van der Waals surface area contributed by atoms with Crippen molar-refractivity contribution in [2.24, 2.45) is 0 Å². The van der Waals surface area contributed by atoms with Crippen LogP contribution < -0.4 is 5.32 Å². The van der Waals surface area contributed by atoms with Crippen molar-refractivity contribution >= 4 is 22.1 Å². The fourth-order valence-corrected chi connectivity index (χ4v) is 3.34. The van der Waals surface area contributed by atoms with Gasteiger partial charge in [-0.3, -0.25) is 0 Å². The highest BCUT2D eigenvalue weighted by Crippen LogP contribution is 2.47. The lowest BCUT2D eigenvalue weighted by Crippen LogP contribution is -2.25. The Kier molecular flexibility index (Phi) is 2.23. The molecule has 3 aromatic rings. The maximum Gasteiger partial charge on any atom is 0.0505 e.